The van der Waals surface area contributed by atoms with Crippen LogP contribution in [0.5, 0.6) is 17.2 Å². The zero-order chi connectivity index (χ0) is 24.2. The maximum absolute atomic E-state index is 14.6. The molecule has 178 valence electrons. The van der Waals surface area contributed by atoms with Crippen LogP contribution >= 0.6 is 11.8 Å². The highest BCUT2D eigenvalue weighted by Gasteiger charge is 2.20. The standard InChI is InChI=1S/C25H21FN4O4S/c1-32-18-9-7-17(8-10-18)30-24(19-4-2-3-5-20(19)26)28-29-25(30)35-15-23(31)27-16-6-11-21-22(14-16)34-13-12-33-21/h2-11,14H,12-13,15H2,1H3,(H,27,31). The smallest absolute Gasteiger partial charge is 0.234 e. The van der Waals surface area contributed by atoms with Crippen LogP contribution in [0.25, 0.3) is 17.1 Å². The first kappa shape index (κ1) is 22.7. The van der Waals surface area contributed by atoms with Gasteiger partial charge < -0.3 is 19.5 Å². The van der Waals surface area contributed by atoms with Crippen molar-refractivity contribution in [1.82, 2.24) is 14.8 Å². The van der Waals surface area contributed by atoms with Crippen molar-refractivity contribution in [2.75, 3.05) is 31.4 Å². The number of hydrogen-bond acceptors (Lipinski definition) is 7. The Bertz CT molecular complexity index is 1360. The molecule has 0 unspecified atom stereocenters. The summed E-state index contributed by atoms with van der Waals surface area (Å²) in [5, 5.41) is 11.8. The molecular weight excluding hydrogens is 471 g/mol. The number of fused-ring (bicyclic) bond motifs is 1. The molecule has 0 atom stereocenters. The number of carbonyl (C=O) groups excluding carboxylic acids is 1. The van der Waals surface area contributed by atoms with Crippen molar-refractivity contribution in [1.29, 1.82) is 0 Å². The van der Waals surface area contributed by atoms with E-state index in [1.807, 2.05) is 12.1 Å². The number of nitrogens with one attached hydrogen (secondary N) is 1. The third kappa shape index (κ3) is 4.92. The van der Waals surface area contributed by atoms with Gasteiger partial charge in [-0.3, -0.25) is 9.36 Å². The summed E-state index contributed by atoms with van der Waals surface area (Å²) >= 11 is 1.20. The molecule has 10 heteroatoms. The number of nitrogens with zero attached hydrogens (tertiary/aromatic N) is 3. The number of carbonyl (C=O) groups is 1. The number of thioether (sulfide) groups is 1. The molecule has 4 aromatic rings. The second kappa shape index (κ2) is 10.1. The number of aromatic nitrogens is 3. The van der Waals surface area contributed by atoms with Crippen LogP contribution in [0, 0.1) is 5.82 Å². The lowest BCUT2D eigenvalue weighted by molar-refractivity contribution is -0.113. The van der Waals surface area contributed by atoms with Crippen molar-refractivity contribution in [3.8, 4) is 34.3 Å². The van der Waals surface area contributed by atoms with Crippen LogP contribution in [0.4, 0.5) is 10.1 Å². The molecule has 0 spiro atoms. The second-order valence-electron chi connectivity index (χ2n) is 7.51. The van der Waals surface area contributed by atoms with Crippen LogP contribution in [0.2, 0.25) is 0 Å². The van der Waals surface area contributed by atoms with Crippen LogP contribution in [-0.2, 0) is 4.79 Å². The fraction of sp³-hybridized carbons (Fsp3) is 0.160. The molecule has 3 aromatic carbocycles. The van der Waals surface area contributed by atoms with Crippen molar-refractivity contribution in [2.45, 2.75) is 5.16 Å². The van der Waals surface area contributed by atoms with E-state index in [-0.39, 0.29) is 11.7 Å². The van der Waals surface area contributed by atoms with Gasteiger partial charge in [0.05, 0.1) is 24.1 Å². The molecule has 0 bridgehead atoms. The molecule has 1 aliphatic rings. The van der Waals surface area contributed by atoms with Gasteiger partial charge in [-0.05, 0) is 48.5 Å². The van der Waals surface area contributed by atoms with Gasteiger partial charge >= 0.3 is 0 Å². The predicted octanol–water partition coefficient (Wildman–Crippen LogP) is 4.58. The van der Waals surface area contributed by atoms with Gasteiger partial charge in [0, 0.05) is 11.8 Å². The predicted molar refractivity (Wildman–Crippen MR) is 130 cm³/mol. The summed E-state index contributed by atoms with van der Waals surface area (Å²) in [5.74, 6) is 1.68. The minimum absolute atomic E-state index is 0.0694. The highest BCUT2D eigenvalue weighted by molar-refractivity contribution is 7.99. The molecule has 1 N–H and O–H groups in total. The summed E-state index contributed by atoms with van der Waals surface area (Å²) in [4.78, 5) is 12.7. The molecule has 0 fully saturated rings. The van der Waals surface area contributed by atoms with Crippen molar-refractivity contribution in [2.24, 2.45) is 0 Å². The Balaban J connectivity index is 1.38. The summed E-state index contributed by atoms with van der Waals surface area (Å²) in [7, 11) is 1.58. The third-order valence-electron chi connectivity index (χ3n) is 5.24. The van der Waals surface area contributed by atoms with Crippen LogP contribution in [0.15, 0.2) is 71.9 Å². The van der Waals surface area contributed by atoms with Crippen LogP contribution in [-0.4, -0.2) is 46.7 Å². The molecule has 1 aromatic heterocycles. The maximum atomic E-state index is 14.6. The Morgan fingerprint density at radius 1 is 1.06 bits per heavy atom. The number of rotatable bonds is 7. The Kier molecular flexibility index (Phi) is 6.53. The van der Waals surface area contributed by atoms with E-state index in [1.165, 1.54) is 17.8 Å². The van der Waals surface area contributed by atoms with Gasteiger partial charge in [-0.2, -0.15) is 0 Å². The highest BCUT2D eigenvalue weighted by Crippen LogP contribution is 2.33. The zero-order valence-corrected chi connectivity index (χ0v) is 19.5. The monoisotopic (exact) mass is 492 g/mol. The Labute approximate surface area is 205 Å². The first-order chi connectivity index (χ1) is 17.1. The number of benzene rings is 3. The lowest BCUT2D eigenvalue weighted by Gasteiger charge is -2.19. The molecule has 0 saturated heterocycles. The number of methoxy groups -OCH3 is 1. The van der Waals surface area contributed by atoms with Crippen molar-refractivity contribution < 1.29 is 23.4 Å². The fourth-order valence-corrected chi connectivity index (χ4v) is 4.34. The number of anilines is 1. The molecule has 2 heterocycles. The van der Waals surface area contributed by atoms with E-state index in [0.717, 1.165) is 0 Å². The third-order valence-corrected chi connectivity index (χ3v) is 6.17. The minimum atomic E-state index is -0.414. The first-order valence-corrected chi connectivity index (χ1v) is 11.8. The summed E-state index contributed by atoms with van der Waals surface area (Å²) in [6.07, 6.45) is 0. The maximum Gasteiger partial charge on any atom is 0.234 e. The highest BCUT2D eigenvalue weighted by atomic mass is 32.2. The lowest BCUT2D eigenvalue weighted by Crippen LogP contribution is -2.17. The van der Waals surface area contributed by atoms with E-state index >= 15 is 0 Å². The Morgan fingerprint density at radius 2 is 1.83 bits per heavy atom. The second-order valence-corrected chi connectivity index (χ2v) is 8.46. The van der Waals surface area contributed by atoms with E-state index in [1.54, 1.807) is 60.2 Å². The molecule has 8 nitrogen and oxygen atoms in total. The Morgan fingerprint density at radius 3 is 2.60 bits per heavy atom. The van der Waals surface area contributed by atoms with E-state index < -0.39 is 5.82 Å². The average Bonchev–Trinajstić information content (AvgIpc) is 3.31. The number of hydrogen-bond donors (Lipinski definition) is 1. The van der Waals surface area contributed by atoms with Gasteiger partial charge in [-0.1, -0.05) is 23.9 Å². The Hall–Kier alpha value is -4.05. The zero-order valence-electron chi connectivity index (χ0n) is 18.7. The molecule has 35 heavy (non-hydrogen) atoms. The molecule has 0 saturated carbocycles. The van der Waals surface area contributed by atoms with Gasteiger partial charge in [-0.15, -0.1) is 10.2 Å². The van der Waals surface area contributed by atoms with Gasteiger partial charge in [0.25, 0.3) is 0 Å². The summed E-state index contributed by atoms with van der Waals surface area (Å²) < 4.78 is 32.6. The normalized spacial score (nSPS) is 12.3. The van der Waals surface area contributed by atoms with Crippen molar-refractivity contribution in [3.63, 3.8) is 0 Å². The quantitative estimate of drug-likeness (QED) is 0.378. The molecule has 5 rings (SSSR count). The topological polar surface area (TPSA) is 87.5 Å². The number of ether oxygens (including phenoxy) is 3. The van der Waals surface area contributed by atoms with Gasteiger partial charge in [0.1, 0.15) is 24.8 Å². The first-order valence-electron chi connectivity index (χ1n) is 10.8. The van der Waals surface area contributed by atoms with Gasteiger partial charge in [0.15, 0.2) is 22.5 Å². The molecule has 0 aliphatic carbocycles. The largest absolute Gasteiger partial charge is 0.497 e. The lowest BCUT2D eigenvalue weighted by atomic mass is 10.2. The fourth-order valence-electron chi connectivity index (χ4n) is 3.59. The number of amides is 1. The van der Waals surface area contributed by atoms with E-state index in [9.17, 15) is 9.18 Å². The van der Waals surface area contributed by atoms with Crippen LogP contribution in [0.1, 0.15) is 0 Å². The van der Waals surface area contributed by atoms with E-state index in [4.69, 9.17) is 14.2 Å². The van der Waals surface area contributed by atoms with Crippen LogP contribution in [0.3, 0.4) is 0 Å². The SMILES string of the molecule is COc1ccc(-n2c(SCC(=O)Nc3ccc4c(c3)OCCO4)nnc2-c2ccccc2F)cc1. The van der Waals surface area contributed by atoms with E-state index in [2.05, 4.69) is 15.5 Å². The summed E-state index contributed by atoms with van der Waals surface area (Å²) in [5.41, 5.74) is 1.62. The molecule has 1 aliphatic heterocycles. The molecule has 1 amide bonds. The van der Waals surface area contributed by atoms with Crippen molar-refractivity contribution >= 4 is 23.4 Å². The van der Waals surface area contributed by atoms with Gasteiger partial charge in [-0.25, -0.2) is 4.39 Å². The summed E-state index contributed by atoms with van der Waals surface area (Å²) in [6, 6.07) is 18.9. The molecule has 0 radical (unpaired) electrons. The van der Waals surface area contributed by atoms with Crippen molar-refractivity contribution in [3.05, 3.63) is 72.5 Å². The number of halogens is 1. The van der Waals surface area contributed by atoms with Gasteiger partial charge in [0.2, 0.25) is 5.91 Å². The van der Waals surface area contributed by atoms with Crippen LogP contribution < -0.4 is 19.5 Å². The molecular formula is C25H21FN4O4S. The minimum Gasteiger partial charge on any atom is -0.497 e. The summed E-state index contributed by atoms with van der Waals surface area (Å²) in [6.45, 7) is 0.963. The van der Waals surface area contributed by atoms with E-state index in [0.29, 0.717) is 58.4 Å². The average molecular weight is 493 g/mol.